The highest BCUT2D eigenvalue weighted by Crippen LogP contribution is 2.34. The molecule has 4 nitrogen and oxygen atoms in total. The van der Waals surface area contributed by atoms with Crippen LogP contribution in [0.15, 0.2) is 53.5 Å². The van der Waals surface area contributed by atoms with Gasteiger partial charge in [-0.15, -0.1) is 0 Å². The molecule has 0 bridgehead atoms. The zero-order chi connectivity index (χ0) is 18.4. The number of nitrogens with one attached hydrogen (secondary N) is 1. The smallest absolute Gasteiger partial charge is 0.280 e. The summed E-state index contributed by atoms with van der Waals surface area (Å²) in [5, 5.41) is 5.49. The topological polar surface area (TPSA) is 50.7 Å². The van der Waals surface area contributed by atoms with Gasteiger partial charge < -0.3 is 0 Å². The molecule has 0 saturated heterocycles. The molecule has 1 aliphatic carbocycles. The molecule has 4 aromatic rings. The fourth-order valence-corrected chi connectivity index (χ4v) is 4.45. The molecule has 5 rings (SSSR count). The second kappa shape index (κ2) is 6.54. The lowest BCUT2D eigenvalue weighted by Gasteiger charge is -2.22. The molecule has 0 radical (unpaired) electrons. The zero-order valence-corrected chi connectivity index (χ0v) is 15.7. The van der Waals surface area contributed by atoms with E-state index in [0.29, 0.717) is 16.3 Å². The first-order chi connectivity index (χ1) is 13.2. The maximum Gasteiger partial charge on any atom is 0.280 e. The van der Waals surface area contributed by atoms with E-state index in [1.54, 1.807) is 23.0 Å². The molecule has 2 heterocycles. The number of halogens is 1. The Balaban J connectivity index is 1.71. The minimum absolute atomic E-state index is 0.107. The lowest BCUT2D eigenvalue weighted by Crippen LogP contribution is -2.14. The van der Waals surface area contributed by atoms with Crippen molar-refractivity contribution in [2.45, 2.75) is 38.0 Å². The van der Waals surface area contributed by atoms with Crippen molar-refractivity contribution in [3.8, 4) is 5.69 Å². The molecule has 1 N–H and O–H groups in total. The summed E-state index contributed by atoms with van der Waals surface area (Å²) in [6.07, 6.45) is 8.09. The molecule has 0 spiro atoms. The van der Waals surface area contributed by atoms with Crippen molar-refractivity contribution in [1.29, 1.82) is 0 Å². The SMILES string of the molecule is O=c1c2cnc3ccc(C4CCCCC4)cc3c2[nH]n1-c1cccc(Cl)c1. The standard InChI is InChI=1S/C22H20ClN3O/c23-16-7-4-8-17(12-16)26-22(27)19-13-24-20-10-9-15(11-18(20)21(19)25-26)14-5-2-1-3-6-14/h4,7-14,25H,1-3,5-6H2. The lowest BCUT2D eigenvalue weighted by atomic mass is 9.83. The van der Waals surface area contributed by atoms with E-state index in [0.717, 1.165) is 22.1 Å². The van der Waals surface area contributed by atoms with E-state index < -0.39 is 0 Å². The van der Waals surface area contributed by atoms with E-state index in [9.17, 15) is 4.79 Å². The van der Waals surface area contributed by atoms with Crippen LogP contribution in [0, 0.1) is 0 Å². The number of nitrogens with zero attached hydrogens (tertiary/aromatic N) is 2. The first kappa shape index (κ1) is 16.6. The quantitative estimate of drug-likeness (QED) is 0.496. The predicted octanol–water partition coefficient (Wildman–Crippen LogP) is 5.57. The molecule has 5 heteroatoms. The summed E-state index contributed by atoms with van der Waals surface area (Å²) in [5.41, 5.74) is 3.71. The maximum atomic E-state index is 12.9. The van der Waals surface area contributed by atoms with Crippen molar-refractivity contribution >= 4 is 33.4 Å². The second-order valence-electron chi connectivity index (χ2n) is 7.39. The monoisotopic (exact) mass is 377 g/mol. The molecule has 136 valence electrons. The number of fused-ring (bicyclic) bond motifs is 3. The van der Waals surface area contributed by atoms with Gasteiger partial charge in [-0.25, -0.2) is 4.68 Å². The van der Waals surface area contributed by atoms with Crippen molar-refractivity contribution in [2.24, 2.45) is 0 Å². The molecule has 2 aromatic carbocycles. The number of hydrogen-bond acceptors (Lipinski definition) is 2. The van der Waals surface area contributed by atoms with Gasteiger partial charge in [0.05, 0.1) is 22.1 Å². The molecule has 1 saturated carbocycles. The molecule has 0 amide bonds. The van der Waals surface area contributed by atoms with Crippen molar-refractivity contribution in [2.75, 3.05) is 0 Å². The maximum absolute atomic E-state index is 12.9. The third-order valence-corrected chi connectivity index (χ3v) is 5.93. The molecule has 2 aromatic heterocycles. The Morgan fingerprint density at radius 2 is 1.89 bits per heavy atom. The van der Waals surface area contributed by atoms with Crippen molar-refractivity contribution in [3.63, 3.8) is 0 Å². The summed E-state index contributed by atoms with van der Waals surface area (Å²) >= 11 is 6.11. The summed E-state index contributed by atoms with van der Waals surface area (Å²) in [4.78, 5) is 17.4. The Morgan fingerprint density at radius 1 is 1.04 bits per heavy atom. The van der Waals surface area contributed by atoms with Crippen LogP contribution in [0.1, 0.15) is 43.6 Å². The normalized spacial score (nSPS) is 15.6. The van der Waals surface area contributed by atoms with Gasteiger partial charge >= 0.3 is 0 Å². The highest BCUT2D eigenvalue weighted by molar-refractivity contribution is 6.30. The average Bonchev–Trinajstić information content (AvgIpc) is 3.05. The van der Waals surface area contributed by atoms with Gasteiger partial charge in [0, 0.05) is 16.6 Å². The van der Waals surface area contributed by atoms with Crippen LogP contribution < -0.4 is 5.56 Å². The second-order valence-corrected chi connectivity index (χ2v) is 7.83. The van der Waals surface area contributed by atoms with Crippen molar-refractivity contribution in [1.82, 2.24) is 14.8 Å². The van der Waals surface area contributed by atoms with Crippen LogP contribution >= 0.6 is 11.6 Å². The largest absolute Gasteiger partial charge is 0.290 e. The van der Waals surface area contributed by atoms with Gasteiger partial charge in [0.1, 0.15) is 0 Å². The number of aromatic nitrogens is 3. The average molecular weight is 378 g/mol. The van der Waals surface area contributed by atoms with E-state index in [2.05, 4.69) is 28.3 Å². The molecule has 0 atom stereocenters. The molecular formula is C22H20ClN3O. The van der Waals surface area contributed by atoms with Crippen LogP contribution in [0.5, 0.6) is 0 Å². The van der Waals surface area contributed by atoms with Gasteiger partial charge in [-0.3, -0.25) is 14.9 Å². The van der Waals surface area contributed by atoms with Gasteiger partial charge in [-0.1, -0.05) is 43.0 Å². The number of aromatic amines is 1. The van der Waals surface area contributed by atoms with Crippen LogP contribution in [0.25, 0.3) is 27.5 Å². The van der Waals surface area contributed by atoms with Crippen LogP contribution in [0.3, 0.4) is 0 Å². The molecule has 0 unspecified atom stereocenters. The minimum atomic E-state index is -0.107. The fourth-order valence-electron chi connectivity index (χ4n) is 4.26. The summed E-state index contributed by atoms with van der Waals surface area (Å²) < 4.78 is 1.55. The summed E-state index contributed by atoms with van der Waals surface area (Å²) in [7, 11) is 0. The Morgan fingerprint density at radius 3 is 2.70 bits per heavy atom. The molecular weight excluding hydrogens is 358 g/mol. The van der Waals surface area contributed by atoms with E-state index in [1.165, 1.54) is 37.7 Å². The number of benzene rings is 2. The zero-order valence-electron chi connectivity index (χ0n) is 14.9. The van der Waals surface area contributed by atoms with E-state index in [4.69, 9.17) is 11.6 Å². The Kier molecular flexibility index (Phi) is 4.01. The van der Waals surface area contributed by atoms with Crippen molar-refractivity contribution < 1.29 is 0 Å². The van der Waals surface area contributed by atoms with Gasteiger partial charge in [-0.2, -0.15) is 0 Å². The number of hydrogen-bond donors (Lipinski definition) is 1. The highest BCUT2D eigenvalue weighted by Gasteiger charge is 2.18. The molecule has 27 heavy (non-hydrogen) atoms. The lowest BCUT2D eigenvalue weighted by molar-refractivity contribution is 0.444. The van der Waals surface area contributed by atoms with Gasteiger partial charge in [0.25, 0.3) is 5.56 Å². The van der Waals surface area contributed by atoms with E-state index >= 15 is 0 Å². The first-order valence-corrected chi connectivity index (χ1v) is 9.88. The molecule has 0 aliphatic heterocycles. The van der Waals surface area contributed by atoms with Crippen LogP contribution in [0.2, 0.25) is 5.02 Å². The first-order valence-electron chi connectivity index (χ1n) is 9.50. The highest BCUT2D eigenvalue weighted by atomic mass is 35.5. The summed E-state index contributed by atoms with van der Waals surface area (Å²) in [6, 6.07) is 13.8. The Bertz CT molecular complexity index is 1200. The summed E-state index contributed by atoms with van der Waals surface area (Å²) in [6.45, 7) is 0. The number of rotatable bonds is 2. The molecule has 1 aliphatic rings. The molecule has 1 fully saturated rings. The van der Waals surface area contributed by atoms with E-state index in [-0.39, 0.29) is 5.56 Å². The van der Waals surface area contributed by atoms with Gasteiger partial charge in [-0.05, 0) is 54.7 Å². The predicted molar refractivity (Wildman–Crippen MR) is 110 cm³/mol. The van der Waals surface area contributed by atoms with Crippen LogP contribution in [-0.2, 0) is 0 Å². The minimum Gasteiger partial charge on any atom is -0.290 e. The third-order valence-electron chi connectivity index (χ3n) is 5.69. The van der Waals surface area contributed by atoms with Crippen molar-refractivity contribution in [3.05, 3.63) is 69.6 Å². The fraction of sp³-hybridized carbons (Fsp3) is 0.273. The Labute approximate surface area is 161 Å². The van der Waals surface area contributed by atoms with Gasteiger partial charge in [0.15, 0.2) is 0 Å². The van der Waals surface area contributed by atoms with Crippen LogP contribution in [-0.4, -0.2) is 14.8 Å². The van der Waals surface area contributed by atoms with Gasteiger partial charge in [0.2, 0.25) is 0 Å². The number of pyridine rings is 1. The summed E-state index contributed by atoms with van der Waals surface area (Å²) in [5.74, 6) is 0.611. The Hall–Kier alpha value is -2.59. The van der Waals surface area contributed by atoms with E-state index in [1.807, 2.05) is 12.1 Å². The number of H-pyrrole nitrogens is 1. The van der Waals surface area contributed by atoms with Crippen LogP contribution in [0.4, 0.5) is 0 Å². The third kappa shape index (κ3) is 2.85.